The Hall–Kier alpha value is -3.12. The topological polar surface area (TPSA) is 76.1 Å². The molecule has 1 amide bonds. The fraction of sp³-hybridized carbons (Fsp3) is 0.190. The van der Waals surface area contributed by atoms with E-state index in [0.717, 1.165) is 6.42 Å². The van der Waals surface area contributed by atoms with Crippen molar-refractivity contribution in [2.75, 3.05) is 17.7 Å². The molecule has 0 unspecified atom stereocenters. The van der Waals surface area contributed by atoms with Crippen molar-refractivity contribution in [3.63, 3.8) is 0 Å². The molecule has 1 heterocycles. The van der Waals surface area contributed by atoms with E-state index in [-0.39, 0.29) is 11.6 Å². The van der Waals surface area contributed by atoms with E-state index in [1.54, 1.807) is 38.3 Å². The van der Waals surface area contributed by atoms with Gasteiger partial charge < -0.3 is 15.4 Å². The van der Waals surface area contributed by atoms with Gasteiger partial charge in [0, 0.05) is 16.8 Å². The second-order valence-corrected chi connectivity index (χ2v) is 6.60. The van der Waals surface area contributed by atoms with Crippen LogP contribution in [-0.4, -0.2) is 23.0 Å². The molecule has 6 nitrogen and oxygen atoms in total. The predicted octanol–water partition coefficient (Wildman–Crippen LogP) is 5.01. The van der Waals surface area contributed by atoms with Crippen LogP contribution in [0, 0.1) is 6.92 Å². The number of carbonyl (C=O) groups excluding carboxylic acids is 1. The Morgan fingerprint density at radius 3 is 2.54 bits per heavy atom. The largest absolute Gasteiger partial charge is 0.495 e. The molecule has 1 aromatic heterocycles. The van der Waals surface area contributed by atoms with Gasteiger partial charge in [-0.25, -0.2) is 9.97 Å². The molecule has 2 aromatic carbocycles. The van der Waals surface area contributed by atoms with Gasteiger partial charge in [0.15, 0.2) is 0 Å². The Balaban J connectivity index is 1.82. The summed E-state index contributed by atoms with van der Waals surface area (Å²) in [4.78, 5) is 21.2. The zero-order valence-corrected chi connectivity index (χ0v) is 16.7. The van der Waals surface area contributed by atoms with Gasteiger partial charge in [0.05, 0.1) is 12.8 Å². The number of carbonyl (C=O) groups is 1. The van der Waals surface area contributed by atoms with E-state index in [2.05, 4.69) is 27.5 Å². The van der Waals surface area contributed by atoms with Gasteiger partial charge in [-0.15, -0.1) is 0 Å². The summed E-state index contributed by atoms with van der Waals surface area (Å²) in [5.41, 5.74) is 2.83. The molecule has 0 saturated heterocycles. The van der Waals surface area contributed by atoms with Crippen molar-refractivity contribution < 1.29 is 9.53 Å². The number of anilines is 3. The highest BCUT2D eigenvalue weighted by Crippen LogP contribution is 2.30. The van der Waals surface area contributed by atoms with Crippen LogP contribution in [0.25, 0.3) is 0 Å². The molecule has 0 saturated carbocycles. The molecule has 0 bridgehead atoms. The summed E-state index contributed by atoms with van der Waals surface area (Å²) in [5, 5.41) is 6.55. The Morgan fingerprint density at radius 1 is 1.11 bits per heavy atom. The lowest BCUT2D eigenvalue weighted by atomic mass is 10.1. The van der Waals surface area contributed by atoms with E-state index >= 15 is 0 Å². The number of halogens is 1. The quantitative estimate of drug-likeness (QED) is 0.612. The molecule has 0 aliphatic carbocycles. The first kappa shape index (κ1) is 19.6. The van der Waals surface area contributed by atoms with Gasteiger partial charge in [-0.3, -0.25) is 4.79 Å². The lowest BCUT2D eigenvalue weighted by Gasteiger charge is -2.12. The maximum absolute atomic E-state index is 12.6. The number of aromatic nitrogens is 2. The van der Waals surface area contributed by atoms with Crippen molar-refractivity contribution in [2.45, 2.75) is 20.3 Å². The second-order valence-electron chi connectivity index (χ2n) is 6.16. The molecule has 144 valence electrons. The van der Waals surface area contributed by atoms with Crippen LogP contribution in [0.3, 0.4) is 0 Å². The highest BCUT2D eigenvalue weighted by molar-refractivity contribution is 6.31. The van der Waals surface area contributed by atoms with Crippen molar-refractivity contribution >= 4 is 34.7 Å². The van der Waals surface area contributed by atoms with Gasteiger partial charge >= 0.3 is 0 Å². The zero-order chi connectivity index (χ0) is 20.1. The lowest BCUT2D eigenvalue weighted by Crippen LogP contribution is -2.15. The van der Waals surface area contributed by atoms with Gasteiger partial charge in [-0.1, -0.05) is 30.7 Å². The Bertz CT molecular complexity index is 990. The van der Waals surface area contributed by atoms with E-state index in [0.29, 0.717) is 33.8 Å². The molecule has 0 aliphatic rings. The van der Waals surface area contributed by atoms with Gasteiger partial charge in [-0.2, -0.15) is 0 Å². The minimum Gasteiger partial charge on any atom is -0.495 e. The van der Waals surface area contributed by atoms with Gasteiger partial charge in [0.2, 0.25) is 0 Å². The van der Waals surface area contributed by atoms with Crippen LogP contribution < -0.4 is 15.4 Å². The third-order valence-electron chi connectivity index (χ3n) is 4.11. The number of benzene rings is 2. The lowest BCUT2D eigenvalue weighted by molar-refractivity contribution is 0.102. The third-order valence-corrected chi connectivity index (χ3v) is 4.35. The van der Waals surface area contributed by atoms with E-state index in [1.807, 2.05) is 24.3 Å². The van der Waals surface area contributed by atoms with E-state index in [4.69, 9.17) is 16.3 Å². The summed E-state index contributed by atoms with van der Waals surface area (Å²) in [6, 6.07) is 14.5. The average Bonchev–Trinajstić information content (AvgIpc) is 2.68. The number of hydrogen-bond acceptors (Lipinski definition) is 5. The third kappa shape index (κ3) is 4.78. The minimum absolute atomic E-state index is 0.260. The highest BCUT2D eigenvalue weighted by atomic mass is 35.5. The molecule has 0 spiro atoms. The Labute approximate surface area is 168 Å². The summed E-state index contributed by atoms with van der Waals surface area (Å²) < 4.78 is 5.33. The first-order valence-corrected chi connectivity index (χ1v) is 9.23. The van der Waals surface area contributed by atoms with Gasteiger partial charge in [0.1, 0.15) is 23.1 Å². The molecule has 7 heteroatoms. The van der Waals surface area contributed by atoms with Gasteiger partial charge in [0.25, 0.3) is 5.91 Å². The van der Waals surface area contributed by atoms with Gasteiger partial charge in [-0.05, 0) is 49.2 Å². The van der Waals surface area contributed by atoms with Crippen LogP contribution >= 0.6 is 11.6 Å². The normalized spacial score (nSPS) is 10.4. The first-order chi connectivity index (χ1) is 13.5. The SMILES string of the molecule is CCc1ccc(NC(=O)c2cc(Nc3cc(Cl)ccc3OC)nc(C)n2)cc1. The number of ether oxygens (including phenoxy) is 1. The standard InChI is InChI=1S/C21H21ClN4O2/c1-4-14-5-8-16(9-6-14)25-21(27)18-12-20(24-13(2)23-18)26-17-11-15(22)7-10-19(17)28-3/h5-12H,4H2,1-3H3,(H,25,27)(H,23,24,26). The number of rotatable bonds is 6. The van der Waals surface area contributed by atoms with Crippen LogP contribution in [0.2, 0.25) is 5.02 Å². The molecular weight excluding hydrogens is 376 g/mol. The van der Waals surface area contributed by atoms with Crippen molar-refractivity contribution in [1.82, 2.24) is 9.97 Å². The predicted molar refractivity (Wildman–Crippen MR) is 112 cm³/mol. The van der Waals surface area contributed by atoms with Crippen molar-refractivity contribution in [2.24, 2.45) is 0 Å². The van der Waals surface area contributed by atoms with Crippen LogP contribution in [0.4, 0.5) is 17.2 Å². The maximum Gasteiger partial charge on any atom is 0.274 e. The zero-order valence-electron chi connectivity index (χ0n) is 15.9. The molecule has 28 heavy (non-hydrogen) atoms. The first-order valence-electron chi connectivity index (χ1n) is 8.85. The number of nitrogens with zero attached hydrogens (tertiary/aromatic N) is 2. The van der Waals surface area contributed by atoms with E-state index < -0.39 is 0 Å². The Morgan fingerprint density at radius 2 is 1.86 bits per heavy atom. The van der Waals surface area contributed by atoms with Crippen LogP contribution in [0.5, 0.6) is 5.75 Å². The van der Waals surface area contributed by atoms with Crippen molar-refractivity contribution in [3.8, 4) is 5.75 Å². The van der Waals surface area contributed by atoms with E-state index in [9.17, 15) is 4.79 Å². The van der Waals surface area contributed by atoms with E-state index in [1.165, 1.54) is 5.56 Å². The fourth-order valence-electron chi connectivity index (χ4n) is 2.68. The fourth-order valence-corrected chi connectivity index (χ4v) is 2.85. The number of methoxy groups -OCH3 is 1. The molecule has 0 aliphatic heterocycles. The van der Waals surface area contributed by atoms with Crippen LogP contribution in [0.1, 0.15) is 28.8 Å². The monoisotopic (exact) mass is 396 g/mol. The smallest absolute Gasteiger partial charge is 0.274 e. The highest BCUT2D eigenvalue weighted by Gasteiger charge is 2.13. The summed E-state index contributed by atoms with van der Waals surface area (Å²) >= 11 is 6.07. The maximum atomic E-state index is 12.6. The van der Waals surface area contributed by atoms with Crippen LogP contribution in [0.15, 0.2) is 48.5 Å². The molecule has 0 fully saturated rings. The summed E-state index contributed by atoms with van der Waals surface area (Å²) in [6.45, 7) is 3.81. The number of aryl methyl sites for hydroxylation is 2. The molecular formula is C21H21ClN4O2. The number of hydrogen-bond donors (Lipinski definition) is 2. The minimum atomic E-state index is -0.309. The van der Waals surface area contributed by atoms with Crippen LogP contribution in [-0.2, 0) is 6.42 Å². The Kier molecular flexibility index (Phi) is 6.11. The molecule has 0 atom stereocenters. The average molecular weight is 397 g/mol. The molecule has 0 radical (unpaired) electrons. The summed E-state index contributed by atoms with van der Waals surface area (Å²) in [5.74, 6) is 1.25. The molecule has 2 N–H and O–H groups in total. The number of amides is 1. The molecule has 3 rings (SSSR count). The molecule has 3 aromatic rings. The van der Waals surface area contributed by atoms with Crippen molar-refractivity contribution in [1.29, 1.82) is 0 Å². The summed E-state index contributed by atoms with van der Waals surface area (Å²) in [6.07, 6.45) is 0.946. The second kappa shape index (κ2) is 8.71. The van der Waals surface area contributed by atoms with Crippen molar-refractivity contribution in [3.05, 3.63) is 70.6 Å². The number of nitrogens with one attached hydrogen (secondary N) is 2. The summed E-state index contributed by atoms with van der Waals surface area (Å²) in [7, 11) is 1.57.